The zero-order chi connectivity index (χ0) is 22.9. The molecular formula is C23H27N3O4S2. The van der Waals surface area contributed by atoms with Crippen LogP contribution in [0.3, 0.4) is 0 Å². The smallest absolute Gasteiger partial charge is 0.243 e. The van der Waals surface area contributed by atoms with Crippen molar-refractivity contribution in [2.45, 2.75) is 18.7 Å². The maximum atomic E-state index is 13.1. The highest BCUT2D eigenvalue weighted by atomic mass is 32.2. The van der Waals surface area contributed by atoms with E-state index in [1.165, 1.54) is 35.7 Å². The molecule has 1 saturated heterocycles. The summed E-state index contributed by atoms with van der Waals surface area (Å²) in [4.78, 5) is 7.17. The Bertz CT molecular complexity index is 1200. The highest BCUT2D eigenvalue weighted by molar-refractivity contribution is 7.89. The first kappa shape index (κ1) is 22.6. The lowest BCUT2D eigenvalue weighted by Gasteiger charge is -2.33. The average molecular weight is 474 g/mol. The van der Waals surface area contributed by atoms with E-state index in [1.807, 2.05) is 0 Å². The van der Waals surface area contributed by atoms with Crippen LogP contribution in [0.25, 0.3) is 11.3 Å². The number of rotatable bonds is 6. The van der Waals surface area contributed by atoms with E-state index in [9.17, 15) is 8.42 Å². The number of hydrogen-bond acceptors (Lipinski definition) is 7. The standard InChI is InChI=1S/C23H27N3O4S2/c1-16-11-17(2)13-18(12-16)20-15-31-23(24-20)25-7-9-26(10-8-25)32(27,28)19-5-6-21(29-3)22(14-19)30-4/h5-6,11-15H,7-10H2,1-4H3. The Kier molecular flexibility index (Phi) is 6.41. The molecule has 0 radical (unpaired) electrons. The van der Waals surface area contributed by atoms with Gasteiger partial charge in [0.05, 0.1) is 24.8 Å². The summed E-state index contributed by atoms with van der Waals surface area (Å²) in [6, 6.07) is 11.1. The molecule has 0 amide bonds. The Morgan fingerprint density at radius 2 is 1.56 bits per heavy atom. The van der Waals surface area contributed by atoms with E-state index in [4.69, 9.17) is 14.5 Å². The van der Waals surface area contributed by atoms with Gasteiger partial charge in [-0.25, -0.2) is 13.4 Å². The fraction of sp³-hybridized carbons (Fsp3) is 0.348. The molecule has 0 saturated carbocycles. The number of anilines is 1. The molecule has 0 N–H and O–H groups in total. The molecule has 2 heterocycles. The molecule has 0 aliphatic carbocycles. The van der Waals surface area contributed by atoms with E-state index >= 15 is 0 Å². The number of aromatic nitrogens is 1. The van der Waals surface area contributed by atoms with Gasteiger partial charge < -0.3 is 14.4 Å². The number of benzene rings is 2. The van der Waals surface area contributed by atoms with E-state index in [-0.39, 0.29) is 4.90 Å². The van der Waals surface area contributed by atoms with Crippen LogP contribution in [0.1, 0.15) is 11.1 Å². The summed E-state index contributed by atoms with van der Waals surface area (Å²) in [6.45, 7) is 6.15. The monoisotopic (exact) mass is 473 g/mol. The minimum absolute atomic E-state index is 0.204. The number of sulfonamides is 1. The molecule has 32 heavy (non-hydrogen) atoms. The van der Waals surface area contributed by atoms with Crippen LogP contribution >= 0.6 is 11.3 Å². The third kappa shape index (κ3) is 4.46. The largest absolute Gasteiger partial charge is 0.493 e. The fourth-order valence-corrected chi connectivity index (χ4v) is 6.24. The quantitative estimate of drug-likeness (QED) is 0.540. The maximum Gasteiger partial charge on any atom is 0.243 e. The number of piperazine rings is 1. The number of nitrogens with zero attached hydrogens (tertiary/aromatic N) is 3. The summed E-state index contributed by atoms with van der Waals surface area (Å²) in [7, 11) is -0.602. The number of thiazole rings is 1. The molecule has 9 heteroatoms. The molecule has 1 aromatic heterocycles. The van der Waals surface area contributed by atoms with Crippen molar-refractivity contribution in [2.75, 3.05) is 45.3 Å². The van der Waals surface area contributed by atoms with Crippen LogP contribution < -0.4 is 14.4 Å². The second-order valence-electron chi connectivity index (χ2n) is 7.80. The van der Waals surface area contributed by atoms with Gasteiger partial charge in [0.1, 0.15) is 0 Å². The Morgan fingerprint density at radius 1 is 0.906 bits per heavy atom. The Balaban J connectivity index is 1.47. The summed E-state index contributed by atoms with van der Waals surface area (Å²) >= 11 is 1.59. The first-order valence-electron chi connectivity index (χ1n) is 10.3. The molecule has 170 valence electrons. The van der Waals surface area contributed by atoms with Gasteiger partial charge in [0.15, 0.2) is 16.6 Å². The van der Waals surface area contributed by atoms with Crippen molar-refractivity contribution in [1.29, 1.82) is 0 Å². The third-order valence-corrected chi connectivity index (χ3v) is 8.31. The zero-order valence-electron chi connectivity index (χ0n) is 18.7. The number of aryl methyl sites for hydroxylation is 2. The van der Waals surface area contributed by atoms with Gasteiger partial charge in [0.25, 0.3) is 0 Å². The first-order chi connectivity index (χ1) is 15.3. The van der Waals surface area contributed by atoms with Crippen molar-refractivity contribution < 1.29 is 17.9 Å². The molecular weight excluding hydrogens is 446 g/mol. The Labute approximate surface area is 193 Å². The predicted octanol–water partition coefficient (Wildman–Crippen LogP) is 3.96. The van der Waals surface area contributed by atoms with Gasteiger partial charge in [-0.3, -0.25) is 0 Å². The van der Waals surface area contributed by atoms with Crippen LogP contribution in [0.5, 0.6) is 11.5 Å². The lowest BCUT2D eigenvalue weighted by atomic mass is 10.1. The average Bonchev–Trinajstić information content (AvgIpc) is 3.28. The maximum absolute atomic E-state index is 13.1. The number of methoxy groups -OCH3 is 2. The molecule has 0 bridgehead atoms. The van der Waals surface area contributed by atoms with Gasteiger partial charge >= 0.3 is 0 Å². The summed E-state index contributed by atoms with van der Waals surface area (Å²) in [5, 5.41) is 2.98. The molecule has 4 rings (SSSR count). The van der Waals surface area contributed by atoms with Gasteiger partial charge in [-0.1, -0.05) is 17.2 Å². The first-order valence-corrected chi connectivity index (χ1v) is 12.6. The lowest BCUT2D eigenvalue weighted by molar-refractivity contribution is 0.353. The summed E-state index contributed by atoms with van der Waals surface area (Å²) in [5.74, 6) is 0.897. The number of ether oxygens (including phenoxy) is 2. The van der Waals surface area contributed by atoms with Crippen LogP contribution in [0.4, 0.5) is 5.13 Å². The van der Waals surface area contributed by atoms with E-state index in [2.05, 4.69) is 42.3 Å². The minimum atomic E-state index is -3.62. The van der Waals surface area contributed by atoms with Crippen molar-refractivity contribution in [3.05, 3.63) is 52.9 Å². The second-order valence-corrected chi connectivity index (χ2v) is 10.6. The normalized spacial score (nSPS) is 15.1. The van der Waals surface area contributed by atoms with E-state index in [0.29, 0.717) is 37.7 Å². The summed E-state index contributed by atoms with van der Waals surface area (Å²) in [6.07, 6.45) is 0. The van der Waals surface area contributed by atoms with E-state index in [1.54, 1.807) is 23.5 Å². The fourth-order valence-electron chi connectivity index (χ4n) is 3.91. The van der Waals surface area contributed by atoms with Gasteiger partial charge in [0, 0.05) is 43.2 Å². The predicted molar refractivity (Wildman–Crippen MR) is 128 cm³/mol. The van der Waals surface area contributed by atoms with Gasteiger partial charge in [-0.15, -0.1) is 11.3 Å². The van der Waals surface area contributed by atoms with Crippen molar-refractivity contribution in [3.63, 3.8) is 0 Å². The van der Waals surface area contributed by atoms with E-state index in [0.717, 1.165) is 16.4 Å². The lowest BCUT2D eigenvalue weighted by Crippen LogP contribution is -2.48. The Hall–Kier alpha value is -2.62. The topological polar surface area (TPSA) is 72.0 Å². The molecule has 0 unspecified atom stereocenters. The van der Waals surface area contributed by atoms with Crippen LogP contribution in [-0.4, -0.2) is 58.1 Å². The second kappa shape index (κ2) is 9.09. The highest BCUT2D eigenvalue weighted by Crippen LogP contribution is 2.32. The van der Waals surface area contributed by atoms with Crippen molar-refractivity contribution in [3.8, 4) is 22.8 Å². The van der Waals surface area contributed by atoms with Crippen molar-refractivity contribution in [1.82, 2.24) is 9.29 Å². The third-order valence-electron chi connectivity index (χ3n) is 5.51. The molecule has 0 atom stereocenters. The van der Waals surface area contributed by atoms with Gasteiger partial charge in [-0.2, -0.15) is 4.31 Å². The van der Waals surface area contributed by atoms with Crippen LogP contribution in [-0.2, 0) is 10.0 Å². The van der Waals surface area contributed by atoms with Gasteiger partial charge in [0.2, 0.25) is 10.0 Å². The molecule has 1 fully saturated rings. The Morgan fingerprint density at radius 3 is 2.19 bits per heavy atom. The number of hydrogen-bond donors (Lipinski definition) is 0. The van der Waals surface area contributed by atoms with E-state index < -0.39 is 10.0 Å². The van der Waals surface area contributed by atoms with Crippen LogP contribution in [0.2, 0.25) is 0 Å². The molecule has 3 aromatic rings. The van der Waals surface area contributed by atoms with Crippen molar-refractivity contribution >= 4 is 26.5 Å². The molecule has 2 aromatic carbocycles. The minimum Gasteiger partial charge on any atom is -0.493 e. The SMILES string of the molecule is COc1ccc(S(=O)(=O)N2CCN(c3nc(-c4cc(C)cc(C)c4)cs3)CC2)cc1OC. The summed E-state index contributed by atoms with van der Waals surface area (Å²) in [5.41, 5.74) is 4.49. The van der Waals surface area contributed by atoms with Crippen LogP contribution in [0, 0.1) is 13.8 Å². The molecule has 7 nitrogen and oxygen atoms in total. The molecule has 1 aliphatic heterocycles. The van der Waals surface area contributed by atoms with Crippen molar-refractivity contribution in [2.24, 2.45) is 0 Å². The molecule has 1 aliphatic rings. The van der Waals surface area contributed by atoms with Crippen LogP contribution in [0.15, 0.2) is 46.7 Å². The zero-order valence-corrected chi connectivity index (χ0v) is 20.3. The summed E-state index contributed by atoms with van der Waals surface area (Å²) < 4.78 is 38.3. The molecule has 0 spiro atoms. The van der Waals surface area contributed by atoms with Gasteiger partial charge in [-0.05, 0) is 38.1 Å². The highest BCUT2D eigenvalue weighted by Gasteiger charge is 2.30.